The Labute approximate surface area is 168 Å². The predicted molar refractivity (Wildman–Crippen MR) is 113 cm³/mol. The number of nitrogens with one attached hydrogen (secondary N) is 1. The van der Waals surface area contributed by atoms with Gasteiger partial charge >= 0.3 is 0 Å². The van der Waals surface area contributed by atoms with E-state index >= 15 is 0 Å². The van der Waals surface area contributed by atoms with E-state index in [1.54, 1.807) is 54.6 Å². The lowest BCUT2D eigenvalue weighted by Crippen LogP contribution is -2.42. The maximum absolute atomic E-state index is 13.1. The minimum Gasteiger partial charge on any atom is -0.506 e. The molecule has 0 saturated heterocycles. The first-order valence-corrected chi connectivity index (χ1v) is 9.28. The molecule has 0 radical (unpaired) electrons. The standard InChI is InChI=1S/C24H20N2O3/c27-21-13-7-8-17-14-15-20(25-22(17)21)16-24(29,18-9-3-1-4-10-18)23(28)26-19-11-5-2-6-12-19/h1-15,27,29H,16H2,(H,26,28). The first-order valence-electron chi connectivity index (χ1n) is 9.28. The zero-order valence-corrected chi connectivity index (χ0v) is 15.6. The Morgan fingerprint density at radius 2 is 1.55 bits per heavy atom. The van der Waals surface area contributed by atoms with Gasteiger partial charge in [0.15, 0.2) is 5.60 Å². The molecule has 4 rings (SSSR count). The van der Waals surface area contributed by atoms with E-state index in [2.05, 4.69) is 10.3 Å². The minimum absolute atomic E-state index is 0.0417. The van der Waals surface area contributed by atoms with Crippen LogP contribution in [-0.2, 0) is 16.8 Å². The molecule has 0 fully saturated rings. The number of aliphatic hydroxyl groups is 1. The molecular formula is C24H20N2O3. The lowest BCUT2D eigenvalue weighted by atomic mass is 9.87. The van der Waals surface area contributed by atoms with Gasteiger partial charge in [-0.3, -0.25) is 4.79 Å². The van der Waals surface area contributed by atoms with E-state index in [1.807, 2.05) is 36.4 Å². The Balaban J connectivity index is 1.73. The third kappa shape index (κ3) is 3.81. The molecule has 144 valence electrons. The average molecular weight is 384 g/mol. The molecule has 1 aromatic heterocycles. The summed E-state index contributed by atoms with van der Waals surface area (Å²) in [5.74, 6) is -0.490. The molecule has 0 aliphatic heterocycles. The summed E-state index contributed by atoms with van der Waals surface area (Å²) in [7, 11) is 0. The third-order valence-electron chi connectivity index (χ3n) is 4.85. The number of fused-ring (bicyclic) bond motifs is 1. The molecule has 1 atom stereocenters. The monoisotopic (exact) mass is 384 g/mol. The van der Waals surface area contributed by atoms with Crippen molar-refractivity contribution in [2.75, 3.05) is 5.32 Å². The normalized spacial score (nSPS) is 13.0. The maximum Gasteiger partial charge on any atom is 0.261 e. The number of aromatic hydroxyl groups is 1. The first kappa shape index (κ1) is 18.7. The zero-order chi connectivity index (χ0) is 20.3. The van der Waals surface area contributed by atoms with E-state index in [4.69, 9.17) is 0 Å². The van der Waals surface area contributed by atoms with Crippen molar-refractivity contribution < 1.29 is 15.0 Å². The van der Waals surface area contributed by atoms with Gasteiger partial charge in [0.1, 0.15) is 11.3 Å². The van der Waals surface area contributed by atoms with Crippen LogP contribution in [0.3, 0.4) is 0 Å². The number of hydrogen-bond donors (Lipinski definition) is 3. The SMILES string of the molecule is O=C(Nc1ccccc1)C(O)(Cc1ccc2cccc(O)c2n1)c1ccccc1. The minimum atomic E-state index is -1.83. The highest BCUT2D eigenvalue weighted by atomic mass is 16.3. The van der Waals surface area contributed by atoms with Gasteiger partial charge in [-0.25, -0.2) is 4.98 Å². The van der Waals surface area contributed by atoms with Crippen LogP contribution in [0.15, 0.2) is 91.0 Å². The molecule has 3 aromatic carbocycles. The number of amides is 1. The second kappa shape index (κ2) is 7.73. The number of benzene rings is 3. The number of phenolic OH excluding ortho intramolecular Hbond substituents is 1. The molecule has 1 unspecified atom stereocenters. The van der Waals surface area contributed by atoms with Gasteiger partial charge in [-0.15, -0.1) is 0 Å². The van der Waals surface area contributed by atoms with Gasteiger partial charge in [0.25, 0.3) is 5.91 Å². The van der Waals surface area contributed by atoms with E-state index in [0.717, 1.165) is 5.39 Å². The van der Waals surface area contributed by atoms with Gasteiger partial charge in [0.05, 0.1) is 0 Å². The molecule has 29 heavy (non-hydrogen) atoms. The van der Waals surface area contributed by atoms with Crippen molar-refractivity contribution in [2.24, 2.45) is 0 Å². The number of carbonyl (C=O) groups is 1. The van der Waals surface area contributed by atoms with Gasteiger partial charge in [-0.1, -0.05) is 66.7 Å². The number of pyridine rings is 1. The number of nitrogens with zero attached hydrogens (tertiary/aromatic N) is 1. The summed E-state index contributed by atoms with van der Waals surface area (Å²) in [5.41, 5.74) is 0.156. The van der Waals surface area contributed by atoms with Gasteiger partial charge < -0.3 is 15.5 Å². The lowest BCUT2D eigenvalue weighted by molar-refractivity contribution is -0.135. The third-order valence-corrected chi connectivity index (χ3v) is 4.85. The van der Waals surface area contributed by atoms with E-state index in [1.165, 1.54) is 0 Å². The number of anilines is 1. The molecular weight excluding hydrogens is 364 g/mol. The van der Waals surface area contributed by atoms with Crippen LogP contribution in [0.25, 0.3) is 10.9 Å². The number of carbonyl (C=O) groups excluding carboxylic acids is 1. The molecule has 5 nitrogen and oxygen atoms in total. The Morgan fingerprint density at radius 1 is 0.862 bits per heavy atom. The molecule has 4 aromatic rings. The Hall–Kier alpha value is -3.70. The fraction of sp³-hybridized carbons (Fsp3) is 0.0833. The molecule has 0 spiro atoms. The Morgan fingerprint density at radius 3 is 2.28 bits per heavy atom. The van der Waals surface area contributed by atoms with E-state index in [-0.39, 0.29) is 12.2 Å². The number of para-hydroxylation sites is 2. The van der Waals surface area contributed by atoms with Crippen LogP contribution in [0.2, 0.25) is 0 Å². The van der Waals surface area contributed by atoms with Crippen molar-refractivity contribution >= 4 is 22.5 Å². The second-order valence-corrected chi connectivity index (χ2v) is 6.87. The highest BCUT2D eigenvalue weighted by Gasteiger charge is 2.38. The largest absolute Gasteiger partial charge is 0.506 e. The molecule has 5 heteroatoms. The van der Waals surface area contributed by atoms with Crippen molar-refractivity contribution in [3.63, 3.8) is 0 Å². The van der Waals surface area contributed by atoms with Crippen LogP contribution in [0.4, 0.5) is 5.69 Å². The number of hydrogen-bond acceptors (Lipinski definition) is 4. The fourth-order valence-electron chi connectivity index (χ4n) is 3.32. The number of aromatic nitrogens is 1. The Kier molecular flexibility index (Phi) is 4.97. The van der Waals surface area contributed by atoms with Gasteiger partial charge in [0, 0.05) is 23.2 Å². The second-order valence-electron chi connectivity index (χ2n) is 6.87. The van der Waals surface area contributed by atoms with Gasteiger partial charge in [0.2, 0.25) is 0 Å². The predicted octanol–water partition coefficient (Wildman–Crippen LogP) is 4.01. The molecule has 0 aliphatic carbocycles. The van der Waals surface area contributed by atoms with Crippen LogP contribution < -0.4 is 5.32 Å². The summed E-state index contributed by atoms with van der Waals surface area (Å²) < 4.78 is 0. The molecule has 1 heterocycles. The van der Waals surface area contributed by atoms with E-state index < -0.39 is 11.5 Å². The van der Waals surface area contributed by atoms with Crippen molar-refractivity contribution in [2.45, 2.75) is 12.0 Å². The lowest BCUT2D eigenvalue weighted by Gasteiger charge is -2.27. The Bertz CT molecular complexity index is 1150. The summed E-state index contributed by atoms with van der Waals surface area (Å²) >= 11 is 0. The molecule has 1 amide bonds. The van der Waals surface area contributed by atoms with Crippen molar-refractivity contribution in [1.82, 2.24) is 4.98 Å². The smallest absolute Gasteiger partial charge is 0.261 e. The molecule has 3 N–H and O–H groups in total. The molecule has 0 bridgehead atoms. The van der Waals surface area contributed by atoms with Crippen LogP contribution in [0, 0.1) is 0 Å². The number of phenols is 1. The highest BCUT2D eigenvalue weighted by Crippen LogP contribution is 2.29. The summed E-state index contributed by atoms with van der Waals surface area (Å²) in [4.78, 5) is 17.6. The summed E-state index contributed by atoms with van der Waals surface area (Å²) in [5, 5.41) is 25.2. The quantitative estimate of drug-likeness (QED) is 0.486. The summed E-state index contributed by atoms with van der Waals surface area (Å²) in [6.07, 6.45) is -0.0417. The highest BCUT2D eigenvalue weighted by molar-refractivity contribution is 5.98. The fourth-order valence-corrected chi connectivity index (χ4v) is 3.32. The zero-order valence-electron chi connectivity index (χ0n) is 15.6. The first-order chi connectivity index (χ1) is 14.1. The molecule has 0 aliphatic rings. The summed E-state index contributed by atoms with van der Waals surface area (Å²) in [6.45, 7) is 0. The van der Waals surface area contributed by atoms with Crippen LogP contribution in [0.1, 0.15) is 11.3 Å². The maximum atomic E-state index is 13.1. The average Bonchev–Trinajstić information content (AvgIpc) is 2.75. The topological polar surface area (TPSA) is 82.5 Å². The van der Waals surface area contributed by atoms with Crippen molar-refractivity contribution in [3.8, 4) is 5.75 Å². The number of rotatable bonds is 5. The van der Waals surface area contributed by atoms with Crippen LogP contribution in [0.5, 0.6) is 5.75 Å². The molecule has 0 saturated carbocycles. The van der Waals surface area contributed by atoms with Crippen molar-refractivity contribution in [3.05, 3.63) is 102 Å². The van der Waals surface area contributed by atoms with Gasteiger partial charge in [-0.05, 0) is 29.8 Å². The van der Waals surface area contributed by atoms with E-state index in [9.17, 15) is 15.0 Å². The summed E-state index contributed by atoms with van der Waals surface area (Å²) in [6, 6.07) is 26.5. The van der Waals surface area contributed by atoms with Gasteiger partial charge in [-0.2, -0.15) is 0 Å². The van der Waals surface area contributed by atoms with Crippen LogP contribution in [-0.4, -0.2) is 21.1 Å². The van der Waals surface area contributed by atoms with Crippen LogP contribution >= 0.6 is 0 Å². The van der Waals surface area contributed by atoms with Crippen molar-refractivity contribution in [1.29, 1.82) is 0 Å². The van der Waals surface area contributed by atoms with E-state index in [0.29, 0.717) is 22.5 Å².